The Morgan fingerprint density at radius 1 is 1.12 bits per heavy atom. The lowest BCUT2D eigenvalue weighted by molar-refractivity contribution is -0.124. The van der Waals surface area contributed by atoms with Gasteiger partial charge in [0.15, 0.2) is 0 Å². The van der Waals surface area contributed by atoms with E-state index < -0.39 is 0 Å². The molecule has 2 rings (SSSR count). The molecule has 0 atom stereocenters. The van der Waals surface area contributed by atoms with Gasteiger partial charge >= 0.3 is 0 Å². The Hall–Kier alpha value is -2.89. The van der Waals surface area contributed by atoms with Crippen LogP contribution in [-0.2, 0) is 9.59 Å². The third kappa shape index (κ3) is 7.48. The van der Waals surface area contributed by atoms with Gasteiger partial charge in [-0.3, -0.25) is 9.59 Å². The molecule has 2 N–H and O–H groups in total. The van der Waals surface area contributed by atoms with E-state index in [-0.39, 0.29) is 24.7 Å². The first-order valence-corrected chi connectivity index (χ1v) is 8.27. The molecule has 0 bridgehead atoms. The molecule has 2 amide bonds. The molecule has 1 heterocycles. The van der Waals surface area contributed by atoms with Crippen LogP contribution >= 0.6 is 0 Å². The highest BCUT2D eigenvalue weighted by Gasteiger charge is 2.08. The predicted octanol–water partition coefficient (Wildman–Crippen LogP) is 3.79. The van der Waals surface area contributed by atoms with E-state index in [0.29, 0.717) is 5.76 Å². The first-order chi connectivity index (χ1) is 12.0. The van der Waals surface area contributed by atoms with Gasteiger partial charge < -0.3 is 9.73 Å². The Bertz CT molecular complexity index is 707. The third-order valence-corrected chi connectivity index (χ3v) is 3.16. The third-order valence-electron chi connectivity index (χ3n) is 3.16. The van der Waals surface area contributed by atoms with Gasteiger partial charge in [0.25, 0.3) is 0 Å². The summed E-state index contributed by atoms with van der Waals surface area (Å²) in [5.74, 6) is 0.00332. The lowest BCUT2D eigenvalue weighted by Crippen LogP contribution is -2.20. The van der Waals surface area contributed by atoms with E-state index in [9.17, 15) is 9.59 Å². The van der Waals surface area contributed by atoms with E-state index in [1.807, 2.05) is 45.9 Å². The molecule has 1 aromatic carbocycles. The molecule has 0 aliphatic carbocycles. The second-order valence-electron chi connectivity index (χ2n) is 5.18. The number of aryl methyl sites for hydroxylation is 2. The Balaban J connectivity index is 0.00000151. The summed E-state index contributed by atoms with van der Waals surface area (Å²) < 4.78 is 5.03. The van der Waals surface area contributed by atoms with Crippen LogP contribution in [0.5, 0.6) is 0 Å². The fourth-order valence-electron chi connectivity index (χ4n) is 1.98. The van der Waals surface area contributed by atoms with E-state index in [2.05, 4.69) is 15.8 Å². The molecule has 0 aliphatic rings. The largest absolute Gasteiger partial charge is 0.463 e. The van der Waals surface area contributed by atoms with Gasteiger partial charge in [0.2, 0.25) is 11.8 Å². The maximum atomic E-state index is 11.9. The average molecular weight is 343 g/mol. The number of benzene rings is 1. The standard InChI is InChI=1S/C17H19N3O3.C2H6/c1-12-5-6-15(13(2)10-12)19-16(21)7-8-17(22)20-18-11-14-4-3-9-23-14;1-2/h3-6,9-11H,7-8H2,1-2H3,(H,19,21)(H,20,22);1-2H3/b18-11+;. The van der Waals surface area contributed by atoms with Crippen LogP contribution in [0.2, 0.25) is 0 Å². The van der Waals surface area contributed by atoms with Crippen LogP contribution in [0.25, 0.3) is 0 Å². The van der Waals surface area contributed by atoms with Crippen molar-refractivity contribution in [2.45, 2.75) is 40.5 Å². The van der Waals surface area contributed by atoms with Gasteiger partial charge in [0.05, 0.1) is 12.5 Å². The number of carbonyl (C=O) groups is 2. The number of furan rings is 1. The minimum absolute atomic E-state index is 0.0617. The molecule has 0 fully saturated rings. The molecule has 0 spiro atoms. The molecule has 134 valence electrons. The van der Waals surface area contributed by atoms with Gasteiger partial charge in [-0.1, -0.05) is 31.5 Å². The minimum Gasteiger partial charge on any atom is -0.463 e. The Kier molecular flexibility index (Phi) is 8.71. The number of anilines is 1. The van der Waals surface area contributed by atoms with E-state index in [4.69, 9.17) is 4.42 Å². The highest BCUT2D eigenvalue weighted by atomic mass is 16.3. The zero-order chi connectivity index (χ0) is 18.7. The smallest absolute Gasteiger partial charge is 0.240 e. The van der Waals surface area contributed by atoms with Crippen molar-refractivity contribution in [1.29, 1.82) is 0 Å². The zero-order valence-electron chi connectivity index (χ0n) is 15.1. The molecular formula is C19H25N3O3. The Morgan fingerprint density at radius 2 is 1.84 bits per heavy atom. The van der Waals surface area contributed by atoms with Gasteiger partial charge in [0, 0.05) is 18.5 Å². The van der Waals surface area contributed by atoms with E-state index in [1.54, 1.807) is 12.1 Å². The molecule has 6 heteroatoms. The summed E-state index contributed by atoms with van der Waals surface area (Å²) >= 11 is 0. The monoisotopic (exact) mass is 343 g/mol. The molecule has 6 nitrogen and oxygen atoms in total. The average Bonchev–Trinajstić information content (AvgIpc) is 3.11. The number of hydrogen-bond donors (Lipinski definition) is 2. The lowest BCUT2D eigenvalue weighted by atomic mass is 10.1. The maximum Gasteiger partial charge on any atom is 0.240 e. The van der Waals surface area contributed by atoms with Gasteiger partial charge in [-0.25, -0.2) is 5.43 Å². The van der Waals surface area contributed by atoms with Gasteiger partial charge in [0.1, 0.15) is 5.76 Å². The van der Waals surface area contributed by atoms with Crippen LogP contribution in [0, 0.1) is 13.8 Å². The van der Waals surface area contributed by atoms with Gasteiger partial charge in [-0.2, -0.15) is 5.10 Å². The van der Waals surface area contributed by atoms with Crippen molar-refractivity contribution in [1.82, 2.24) is 5.43 Å². The molecule has 25 heavy (non-hydrogen) atoms. The summed E-state index contributed by atoms with van der Waals surface area (Å²) in [7, 11) is 0. The van der Waals surface area contributed by atoms with Crippen LogP contribution in [0.4, 0.5) is 5.69 Å². The van der Waals surface area contributed by atoms with Crippen molar-refractivity contribution < 1.29 is 14.0 Å². The van der Waals surface area contributed by atoms with Gasteiger partial charge in [-0.05, 0) is 37.6 Å². The highest BCUT2D eigenvalue weighted by Crippen LogP contribution is 2.16. The number of hydrogen-bond acceptors (Lipinski definition) is 4. The van der Waals surface area contributed by atoms with Crippen LogP contribution in [0.15, 0.2) is 46.1 Å². The first kappa shape index (κ1) is 20.2. The fraction of sp³-hybridized carbons (Fsp3) is 0.316. The molecule has 0 aliphatic heterocycles. The number of hydrazone groups is 1. The molecule has 0 unspecified atom stereocenters. The topological polar surface area (TPSA) is 83.7 Å². The predicted molar refractivity (Wildman–Crippen MR) is 99.6 cm³/mol. The summed E-state index contributed by atoms with van der Waals surface area (Å²) in [6.07, 6.45) is 3.07. The minimum atomic E-state index is -0.330. The molecular weight excluding hydrogens is 318 g/mol. The second kappa shape index (κ2) is 10.8. The number of nitrogens with one attached hydrogen (secondary N) is 2. The van der Waals surface area contributed by atoms with Crippen LogP contribution in [-0.4, -0.2) is 18.0 Å². The maximum absolute atomic E-state index is 11.9. The number of rotatable bonds is 6. The van der Waals surface area contributed by atoms with Gasteiger partial charge in [-0.15, -0.1) is 0 Å². The normalized spacial score (nSPS) is 10.1. The molecule has 2 aromatic rings. The summed E-state index contributed by atoms with van der Waals surface area (Å²) in [6, 6.07) is 9.22. The quantitative estimate of drug-likeness (QED) is 0.618. The van der Waals surface area contributed by atoms with Crippen molar-refractivity contribution in [3.8, 4) is 0 Å². The van der Waals surface area contributed by atoms with Crippen molar-refractivity contribution >= 4 is 23.7 Å². The zero-order valence-corrected chi connectivity index (χ0v) is 15.1. The summed E-state index contributed by atoms with van der Waals surface area (Å²) in [5, 5.41) is 6.55. The van der Waals surface area contributed by atoms with Crippen molar-refractivity contribution in [2.24, 2.45) is 5.10 Å². The van der Waals surface area contributed by atoms with E-state index >= 15 is 0 Å². The second-order valence-corrected chi connectivity index (χ2v) is 5.18. The molecule has 1 aromatic heterocycles. The number of carbonyl (C=O) groups excluding carboxylic acids is 2. The van der Waals surface area contributed by atoms with E-state index in [1.165, 1.54) is 12.5 Å². The SMILES string of the molecule is CC.Cc1ccc(NC(=O)CCC(=O)N/N=C/c2ccco2)c(C)c1. The van der Waals surface area contributed by atoms with Crippen molar-refractivity contribution in [3.63, 3.8) is 0 Å². The molecule has 0 saturated heterocycles. The van der Waals surface area contributed by atoms with Crippen LogP contribution < -0.4 is 10.7 Å². The van der Waals surface area contributed by atoms with Crippen LogP contribution in [0.3, 0.4) is 0 Å². The summed E-state index contributed by atoms with van der Waals surface area (Å²) in [4.78, 5) is 23.5. The fourth-order valence-corrected chi connectivity index (χ4v) is 1.98. The van der Waals surface area contributed by atoms with E-state index in [0.717, 1.165) is 16.8 Å². The van der Waals surface area contributed by atoms with Crippen LogP contribution in [0.1, 0.15) is 43.6 Å². The Labute approximate surface area is 148 Å². The van der Waals surface area contributed by atoms with Crippen molar-refractivity contribution in [2.75, 3.05) is 5.32 Å². The number of amides is 2. The summed E-state index contributed by atoms with van der Waals surface area (Å²) in [5.41, 5.74) is 5.24. The number of nitrogens with zero attached hydrogens (tertiary/aromatic N) is 1. The highest BCUT2D eigenvalue weighted by molar-refractivity contribution is 5.94. The summed E-state index contributed by atoms with van der Waals surface area (Å²) in [6.45, 7) is 7.92. The Morgan fingerprint density at radius 3 is 2.48 bits per heavy atom. The van der Waals surface area contributed by atoms with Crippen molar-refractivity contribution in [3.05, 3.63) is 53.5 Å². The molecule has 0 saturated carbocycles. The first-order valence-electron chi connectivity index (χ1n) is 8.27. The lowest BCUT2D eigenvalue weighted by Gasteiger charge is -2.08. The molecule has 0 radical (unpaired) electrons.